The van der Waals surface area contributed by atoms with E-state index >= 15 is 0 Å². The summed E-state index contributed by atoms with van der Waals surface area (Å²) in [7, 11) is 0. The van der Waals surface area contributed by atoms with Crippen molar-refractivity contribution in [1.29, 1.82) is 0 Å². The number of halogens is 2. The van der Waals surface area contributed by atoms with Crippen molar-refractivity contribution in [2.24, 2.45) is 5.92 Å². The lowest BCUT2D eigenvalue weighted by Crippen LogP contribution is -2.46. The van der Waals surface area contributed by atoms with E-state index in [2.05, 4.69) is 10.4 Å². The van der Waals surface area contributed by atoms with E-state index in [1.54, 1.807) is 31.2 Å². The smallest absolute Gasteiger partial charge is 0.350 e. The quantitative estimate of drug-likeness (QED) is 0.636. The monoisotopic (exact) mass is 442 g/mol. The molecular formula is C22H20ClFN4O3. The number of aromatic nitrogens is 3. The standard InChI is InChI=1S/C22H20ClFN4O3/c1-13-5-8-17(10-18(13)24)28-22(31)27(12-15-3-2-4-16(23)9-15)21(30)19(26-28)20(29)25-11-14-6-7-14/h2-5,8-10,14H,6-7,11-12H2,1H3,(H,25,29). The number of nitrogens with one attached hydrogen (secondary N) is 1. The Hall–Kier alpha value is -3.26. The minimum atomic E-state index is -0.817. The second-order valence-electron chi connectivity index (χ2n) is 7.65. The van der Waals surface area contributed by atoms with Crippen LogP contribution in [0.5, 0.6) is 0 Å². The predicted molar refractivity (Wildman–Crippen MR) is 114 cm³/mol. The normalized spacial score (nSPS) is 13.3. The van der Waals surface area contributed by atoms with E-state index in [0.717, 1.165) is 28.2 Å². The van der Waals surface area contributed by atoms with Crippen LogP contribution in [0.4, 0.5) is 4.39 Å². The molecule has 0 saturated heterocycles. The lowest BCUT2D eigenvalue weighted by molar-refractivity contribution is 0.0942. The van der Waals surface area contributed by atoms with Crippen molar-refractivity contribution in [3.63, 3.8) is 0 Å². The molecule has 1 heterocycles. The molecule has 1 aliphatic carbocycles. The Balaban J connectivity index is 1.84. The molecule has 2 aromatic carbocycles. The van der Waals surface area contributed by atoms with E-state index < -0.39 is 28.7 Å². The first-order chi connectivity index (χ1) is 14.8. The van der Waals surface area contributed by atoms with Crippen LogP contribution in [0.25, 0.3) is 5.69 Å². The van der Waals surface area contributed by atoms with Crippen molar-refractivity contribution >= 4 is 17.5 Å². The molecule has 7 nitrogen and oxygen atoms in total. The van der Waals surface area contributed by atoms with Crippen LogP contribution in [0.15, 0.2) is 52.1 Å². The van der Waals surface area contributed by atoms with Gasteiger partial charge in [0.1, 0.15) is 5.82 Å². The number of hydrogen-bond acceptors (Lipinski definition) is 4. The van der Waals surface area contributed by atoms with E-state index in [1.807, 2.05) is 0 Å². The maximum Gasteiger partial charge on any atom is 0.352 e. The van der Waals surface area contributed by atoms with Crippen LogP contribution in [0.3, 0.4) is 0 Å². The molecule has 9 heteroatoms. The summed E-state index contributed by atoms with van der Waals surface area (Å²) in [5.41, 5.74) is -0.920. The fraction of sp³-hybridized carbons (Fsp3) is 0.273. The number of carbonyl (C=O) groups excluding carboxylic acids is 1. The van der Waals surface area contributed by atoms with Crippen molar-refractivity contribution in [1.82, 2.24) is 19.7 Å². The number of rotatable bonds is 6. The number of benzene rings is 2. The molecule has 0 aliphatic heterocycles. The van der Waals surface area contributed by atoms with Gasteiger partial charge in [0.25, 0.3) is 11.5 Å². The van der Waals surface area contributed by atoms with Gasteiger partial charge in [0.2, 0.25) is 5.69 Å². The predicted octanol–water partition coefficient (Wildman–Crippen LogP) is 2.68. The van der Waals surface area contributed by atoms with Gasteiger partial charge < -0.3 is 5.32 Å². The Kier molecular flexibility index (Phi) is 5.73. The maximum absolute atomic E-state index is 14.1. The van der Waals surface area contributed by atoms with E-state index in [1.165, 1.54) is 12.1 Å². The maximum atomic E-state index is 14.1. The molecule has 1 amide bonds. The highest BCUT2D eigenvalue weighted by molar-refractivity contribution is 6.30. The van der Waals surface area contributed by atoms with Gasteiger partial charge in [-0.1, -0.05) is 29.8 Å². The van der Waals surface area contributed by atoms with Crippen LogP contribution in [-0.4, -0.2) is 26.8 Å². The summed E-state index contributed by atoms with van der Waals surface area (Å²) in [5, 5.41) is 7.14. The first-order valence-electron chi connectivity index (χ1n) is 9.87. The van der Waals surface area contributed by atoms with Crippen molar-refractivity contribution in [3.8, 4) is 5.69 Å². The summed E-state index contributed by atoms with van der Waals surface area (Å²) in [5.74, 6) is -0.800. The highest BCUT2D eigenvalue weighted by Crippen LogP contribution is 2.27. The summed E-state index contributed by atoms with van der Waals surface area (Å²) in [4.78, 5) is 38.8. The highest BCUT2D eigenvalue weighted by Gasteiger charge is 2.25. The van der Waals surface area contributed by atoms with E-state index in [-0.39, 0.29) is 12.2 Å². The number of nitrogens with zero attached hydrogens (tertiary/aromatic N) is 3. The summed E-state index contributed by atoms with van der Waals surface area (Å²) >= 11 is 6.02. The topological polar surface area (TPSA) is 86.0 Å². The molecule has 1 N–H and O–H groups in total. The average molecular weight is 443 g/mol. The van der Waals surface area contributed by atoms with Crippen LogP contribution in [-0.2, 0) is 6.54 Å². The molecule has 0 bridgehead atoms. The molecule has 1 fully saturated rings. The Morgan fingerprint density at radius 1 is 1.23 bits per heavy atom. The van der Waals surface area contributed by atoms with Gasteiger partial charge in [0.05, 0.1) is 12.2 Å². The van der Waals surface area contributed by atoms with Crippen LogP contribution >= 0.6 is 11.6 Å². The molecule has 160 valence electrons. The van der Waals surface area contributed by atoms with Crippen LogP contribution in [0.2, 0.25) is 5.02 Å². The largest absolute Gasteiger partial charge is 0.352 e. The van der Waals surface area contributed by atoms with Gasteiger partial charge >= 0.3 is 5.69 Å². The number of hydrogen-bond donors (Lipinski definition) is 1. The fourth-order valence-electron chi connectivity index (χ4n) is 3.14. The molecule has 0 radical (unpaired) electrons. The Morgan fingerprint density at radius 3 is 2.68 bits per heavy atom. The van der Waals surface area contributed by atoms with Gasteiger partial charge in [-0.15, -0.1) is 0 Å². The molecule has 3 aromatic rings. The molecule has 0 spiro atoms. The molecule has 0 atom stereocenters. The molecule has 1 aromatic heterocycles. The van der Waals surface area contributed by atoms with Crippen LogP contribution in [0, 0.1) is 18.7 Å². The summed E-state index contributed by atoms with van der Waals surface area (Å²) in [6, 6.07) is 10.8. The van der Waals surface area contributed by atoms with E-state index in [4.69, 9.17) is 11.6 Å². The molecule has 0 unspecified atom stereocenters. The van der Waals surface area contributed by atoms with E-state index in [9.17, 15) is 18.8 Å². The minimum Gasteiger partial charge on any atom is -0.350 e. The third-order valence-electron chi connectivity index (χ3n) is 5.15. The average Bonchev–Trinajstić information content (AvgIpc) is 3.56. The highest BCUT2D eigenvalue weighted by atomic mass is 35.5. The molecule has 1 aliphatic rings. The minimum absolute atomic E-state index is 0.113. The number of carbonyl (C=O) groups is 1. The van der Waals surface area contributed by atoms with Crippen molar-refractivity contribution in [2.75, 3.05) is 6.54 Å². The Labute approximate surface area is 182 Å². The van der Waals surface area contributed by atoms with E-state index in [0.29, 0.717) is 28.6 Å². The summed E-state index contributed by atoms with van der Waals surface area (Å²) in [6.07, 6.45) is 2.05. The molecular weight excluding hydrogens is 423 g/mol. The van der Waals surface area contributed by atoms with Gasteiger partial charge in [-0.3, -0.25) is 14.2 Å². The van der Waals surface area contributed by atoms with Gasteiger partial charge in [-0.25, -0.2) is 9.18 Å². The van der Waals surface area contributed by atoms with Gasteiger partial charge in [-0.2, -0.15) is 9.78 Å². The fourth-order valence-corrected chi connectivity index (χ4v) is 3.35. The van der Waals surface area contributed by atoms with Gasteiger partial charge in [0.15, 0.2) is 0 Å². The van der Waals surface area contributed by atoms with Gasteiger partial charge in [-0.05, 0) is 55.0 Å². The Bertz CT molecular complexity index is 1280. The SMILES string of the molecule is Cc1ccc(-n2nc(C(=O)NCC3CC3)c(=O)n(Cc3cccc(Cl)c3)c2=O)cc1F. The third-order valence-corrected chi connectivity index (χ3v) is 5.39. The Morgan fingerprint density at radius 2 is 2.00 bits per heavy atom. The van der Waals surface area contributed by atoms with Crippen LogP contribution in [0.1, 0.15) is 34.5 Å². The lowest BCUT2D eigenvalue weighted by Gasteiger charge is -2.13. The third kappa shape index (κ3) is 4.59. The van der Waals surface area contributed by atoms with Crippen molar-refractivity contribution < 1.29 is 9.18 Å². The molecule has 31 heavy (non-hydrogen) atoms. The zero-order chi connectivity index (χ0) is 22.1. The summed E-state index contributed by atoms with van der Waals surface area (Å²) in [6.45, 7) is 1.91. The molecule has 4 rings (SSSR count). The van der Waals surface area contributed by atoms with Crippen LogP contribution < -0.4 is 16.6 Å². The van der Waals surface area contributed by atoms with Crippen molar-refractivity contribution in [3.05, 3.63) is 91.0 Å². The zero-order valence-corrected chi connectivity index (χ0v) is 17.5. The first-order valence-corrected chi connectivity index (χ1v) is 10.2. The zero-order valence-electron chi connectivity index (χ0n) is 16.8. The first kappa shape index (κ1) is 21.0. The van der Waals surface area contributed by atoms with Gasteiger partial charge in [0, 0.05) is 17.6 Å². The number of amides is 1. The molecule has 1 saturated carbocycles. The second-order valence-corrected chi connectivity index (χ2v) is 8.09. The van der Waals surface area contributed by atoms with Crippen molar-refractivity contribution in [2.45, 2.75) is 26.3 Å². The lowest BCUT2D eigenvalue weighted by atomic mass is 10.2. The second kappa shape index (κ2) is 8.47. The summed E-state index contributed by atoms with van der Waals surface area (Å²) < 4.78 is 15.9. The number of aryl methyl sites for hydroxylation is 1.